The maximum atomic E-state index is 13.3. The van der Waals surface area contributed by atoms with Crippen molar-refractivity contribution in [3.63, 3.8) is 0 Å². The van der Waals surface area contributed by atoms with Gasteiger partial charge in [0.25, 0.3) is 0 Å². The minimum atomic E-state index is -3.51. The van der Waals surface area contributed by atoms with Gasteiger partial charge in [-0.15, -0.1) is 0 Å². The molecule has 0 saturated heterocycles. The maximum absolute atomic E-state index is 13.3. The number of nitrogens with zero attached hydrogens (tertiary/aromatic N) is 1. The van der Waals surface area contributed by atoms with Gasteiger partial charge in [-0.05, 0) is 67.5 Å². The first-order valence-corrected chi connectivity index (χ1v) is 13.9. The minimum Gasteiger partial charge on any atom is -0.497 e. The molecule has 2 amide bonds. The highest BCUT2D eigenvalue weighted by Crippen LogP contribution is 2.22. The van der Waals surface area contributed by atoms with Gasteiger partial charge in [0.15, 0.2) is 0 Å². The van der Waals surface area contributed by atoms with Crippen molar-refractivity contribution >= 4 is 21.8 Å². The van der Waals surface area contributed by atoms with Crippen LogP contribution in [0.3, 0.4) is 0 Å². The number of carbonyl (C=O) groups excluding carboxylic acids is 2. The van der Waals surface area contributed by atoms with Crippen molar-refractivity contribution < 1.29 is 22.7 Å². The number of carbonyl (C=O) groups is 2. The van der Waals surface area contributed by atoms with Crippen molar-refractivity contribution in [3.05, 3.63) is 59.7 Å². The van der Waals surface area contributed by atoms with Crippen molar-refractivity contribution in [2.75, 3.05) is 13.7 Å². The maximum Gasteiger partial charge on any atom is 0.242 e. The lowest BCUT2D eigenvalue weighted by Crippen LogP contribution is -2.48. The molecule has 1 fully saturated rings. The van der Waals surface area contributed by atoms with Crippen LogP contribution in [0.15, 0.2) is 53.4 Å². The molecule has 1 aliphatic carbocycles. The molecule has 36 heavy (non-hydrogen) atoms. The Hall–Kier alpha value is -2.91. The first-order chi connectivity index (χ1) is 17.1. The molecule has 2 aromatic carbocycles. The summed E-state index contributed by atoms with van der Waals surface area (Å²) in [6, 6.07) is 13.4. The molecular weight excluding hydrogens is 478 g/mol. The number of nitrogens with one attached hydrogen (secondary N) is 2. The van der Waals surface area contributed by atoms with Gasteiger partial charge >= 0.3 is 0 Å². The van der Waals surface area contributed by atoms with Crippen molar-refractivity contribution in [2.45, 2.75) is 70.0 Å². The molecule has 3 rings (SSSR count). The highest BCUT2D eigenvalue weighted by Gasteiger charge is 2.28. The van der Waals surface area contributed by atoms with E-state index in [9.17, 15) is 18.0 Å². The zero-order chi connectivity index (χ0) is 26.3. The lowest BCUT2D eigenvalue weighted by atomic mass is 10.1. The van der Waals surface area contributed by atoms with Crippen LogP contribution in [-0.2, 0) is 32.6 Å². The molecule has 0 heterocycles. The van der Waals surface area contributed by atoms with E-state index in [-0.39, 0.29) is 29.2 Å². The number of aryl methyl sites for hydroxylation is 1. The summed E-state index contributed by atoms with van der Waals surface area (Å²) in [7, 11) is -1.91. The molecule has 8 nitrogen and oxygen atoms in total. The van der Waals surface area contributed by atoms with E-state index in [1.54, 1.807) is 43.2 Å². The van der Waals surface area contributed by atoms with Crippen LogP contribution in [-0.4, -0.2) is 50.9 Å². The first-order valence-electron chi connectivity index (χ1n) is 12.4. The van der Waals surface area contributed by atoms with Gasteiger partial charge in [-0.3, -0.25) is 9.59 Å². The number of benzene rings is 2. The summed E-state index contributed by atoms with van der Waals surface area (Å²) in [4.78, 5) is 27.9. The fourth-order valence-corrected chi connectivity index (χ4v) is 4.99. The van der Waals surface area contributed by atoms with E-state index in [2.05, 4.69) is 10.0 Å². The Morgan fingerprint density at radius 2 is 1.61 bits per heavy atom. The topological polar surface area (TPSA) is 105 Å². The lowest BCUT2D eigenvalue weighted by molar-refractivity contribution is -0.140. The summed E-state index contributed by atoms with van der Waals surface area (Å²) < 4.78 is 32.6. The van der Waals surface area contributed by atoms with Crippen LogP contribution in [0.4, 0.5) is 0 Å². The van der Waals surface area contributed by atoms with E-state index in [0.29, 0.717) is 25.4 Å². The number of ether oxygens (including phenoxy) is 1. The summed E-state index contributed by atoms with van der Waals surface area (Å²) in [6.45, 7) is 6.61. The smallest absolute Gasteiger partial charge is 0.242 e. The van der Waals surface area contributed by atoms with Gasteiger partial charge < -0.3 is 15.0 Å². The van der Waals surface area contributed by atoms with Crippen LogP contribution in [0, 0.1) is 5.92 Å². The van der Waals surface area contributed by atoms with E-state index in [4.69, 9.17) is 4.74 Å². The lowest BCUT2D eigenvalue weighted by Gasteiger charge is -2.29. The van der Waals surface area contributed by atoms with Crippen LogP contribution < -0.4 is 14.8 Å². The SMILES string of the molecule is COc1ccc(CN(C(=O)CCc2ccc(S(=O)(=O)NC3CC3)cc2)[C@@H](C)C(=O)NCC(C)C)cc1. The highest BCUT2D eigenvalue weighted by molar-refractivity contribution is 7.89. The van der Waals surface area contributed by atoms with Gasteiger partial charge in [0.2, 0.25) is 21.8 Å². The largest absolute Gasteiger partial charge is 0.497 e. The van der Waals surface area contributed by atoms with Gasteiger partial charge in [-0.1, -0.05) is 38.1 Å². The Morgan fingerprint density at radius 3 is 2.17 bits per heavy atom. The second-order valence-electron chi connectivity index (χ2n) is 9.72. The molecule has 9 heteroatoms. The number of hydrogen-bond acceptors (Lipinski definition) is 5. The van der Waals surface area contributed by atoms with E-state index in [1.165, 1.54) is 0 Å². The van der Waals surface area contributed by atoms with Gasteiger partial charge in [-0.2, -0.15) is 0 Å². The van der Waals surface area contributed by atoms with Gasteiger partial charge in [0.1, 0.15) is 11.8 Å². The van der Waals surface area contributed by atoms with Crippen LogP contribution >= 0.6 is 0 Å². The second kappa shape index (κ2) is 12.4. The number of rotatable bonds is 13. The highest BCUT2D eigenvalue weighted by atomic mass is 32.2. The third-order valence-corrected chi connectivity index (χ3v) is 7.66. The van der Waals surface area contributed by atoms with Crippen molar-refractivity contribution in [1.29, 1.82) is 0 Å². The predicted molar refractivity (Wildman–Crippen MR) is 139 cm³/mol. The summed E-state index contributed by atoms with van der Waals surface area (Å²) in [5, 5.41) is 2.92. The van der Waals surface area contributed by atoms with E-state index in [1.807, 2.05) is 38.1 Å². The van der Waals surface area contributed by atoms with Crippen LogP contribution in [0.5, 0.6) is 5.75 Å². The molecule has 2 N–H and O–H groups in total. The quantitative estimate of drug-likeness (QED) is 0.426. The Balaban J connectivity index is 1.67. The summed E-state index contributed by atoms with van der Waals surface area (Å²) >= 11 is 0. The summed E-state index contributed by atoms with van der Waals surface area (Å²) in [6.07, 6.45) is 2.39. The van der Waals surface area contributed by atoms with Gasteiger partial charge in [-0.25, -0.2) is 13.1 Å². The summed E-state index contributed by atoms with van der Waals surface area (Å²) in [5.74, 6) is 0.684. The molecule has 0 radical (unpaired) electrons. The van der Waals surface area contributed by atoms with Crippen LogP contribution in [0.2, 0.25) is 0 Å². The first kappa shape index (κ1) is 27.7. The molecule has 0 unspecified atom stereocenters. The Morgan fingerprint density at radius 1 is 1.00 bits per heavy atom. The number of methoxy groups -OCH3 is 1. The van der Waals surface area contributed by atoms with E-state index in [0.717, 1.165) is 29.7 Å². The molecule has 1 aliphatic rings. The number of sulfonamides is 1. The average molecular weight is 516 g/mol. The Kier molecular flexibility index (Phi) is 9.50. The Bertz CT molecular complexity index is 1130. The minimum absolute atomic E-state index is 0.0451. The standard InChI is InChI=1S/C27H37N3O5S/c1-19(2)17-28-27(32)20(3)30(18-22-5-12-24(35-4)13-6-22)26(31)16-9-21-7-14-25(15-8-21)36(33,34)29-23-10-11-23/h5-8,12-15,19-20,23,29H,9-11,16-18H2,1-4H3,(H,28,32)/t20-/m0/s1. The molecule has 1 atom stereocenters. The molecule has 0 spiro atoms. The molecule has 196 valence electrons. The average Bonchev–Trinajstić information content (AvgIpc) is 3.67. The normalized spacial score (nSPS) is 14.4. The van der Waals surface area contributed by atoms with Gasteiger partial charge in [0.05, 0.1) is 12.0 Å². The fourth-order valence-electron chi connectivity index (χ4n) is 3.68. The fraction of sp³-hybridized carbons (Fsp3) is 0.481. The number of amides is 2. The molecule has 0 bridgehead atoms. The predicted octanol–water partition coefficient (Wildman–Crippen LogP) is 3.26. The van der Waals surface area contributed by atoms with Crippen LogP contribution in [0.25, 0.3) is 0 Å². The van der Waals surface area contributed by atoms with E-state index >= 15 is 0 Å². The third-order valence-electron chi connectivity index (χ3n) is 6.12. The molecule has 2 aromatic rings. The molecule has 0 aliphatic heterocycles. The van der Waals surface area contributed by atoms with Crippen molar-refractivity contribution in [1.82, 2.24) is 14.9 Å². The second-order valence-corrected chi connectivity index (χ2v) is 11.4. The zero-order valence-electron chi connectivity index (χ0n) is 21.5. The van der Waals surface area contributed by atoms with Gasteiger partial charge in [0, 0.05) is 25.6 Å². The molecular formula is C27H37N3O5S. The van der Waals surface area contributed by atoms with Crippen LogP contribution in [0.1, 0.15) is 51.2 Å². The van der Waals surface area contributed by atoms with E-state index < -0.39 is 16.1 Å². The zero-order valence-corrected chi connectivity index (χ0v) is 22.3. The third kappa shape index (κ3) is 8.06. The molecule has 0 aromatic heterocycles. The van der Waals surface area contributed by atoms with Crippen molar-refractivity contribution in [2.24, 2.45) is 5.92 Å². The monoisotopic (exact) mass is 515 g/mol. The molecule has 1 saturated carbocycles. The number of hydrogen-bond donors (Lipinski definition) is 2. The van der Waals surface area contributed by atoms with Crippen molar-refractivity contribution in [3.8, 4) is 5.75 Å². The Labute approximate surface area is 214 Å². The summed E-state index contributed by atoms with van der Waals surface area (Å²) in [5.41, 5.74) is 1.75.